The van der Waals surface area contributed by atoms with Gasteiger partial charge < -0.3 is 15.0 Å². The van der Waals surface area contributed by atoms with E-state index in [1.165, 1.54) is 18.1 Å². The Bertz CT molecular complexity index is 1470. The van der Waals surface area contributed by atoms with Crippen LogP contribution in [0, 0.1) is 0 Å². The number of anilines is 1. The second-order valence-electron chi connectivity index (χ2n) is 12.0. The van der Waals surface area contributed by atoms with E-state index in [1.807, 2.05) is 42.5 Å². The predicted molar refractivity (Wildman–Crippen MR) is 167 cm³/mol. The van der Waals surface area contributed by atoms with Crippen molar-refractivity contribution in [2.45, 2.75) is 57.7 Å². The van der Waals surface area contributed by atoms with Crippen molar-refractivity contribution < 1.29 is 14.3 Å². The molecule has 9 nitrogen and oxygen atoms in total. The number of aromatic nitrogens is 3. The molecular weight excluding hydrogens is 540 g/mol. The quantitative estimate of drug-likeness (QED) is 0.279. The van der Waals surface area contributed by atoms with E-state index in [1.54, 1.807) is 30.5 Å². The zero-order chi connectivity index (χ0) is 30.4. The van der Waals surface area contributed by atoms with Crippen molar-refractivity contribution in [2.24, 2.45) is 0 Å². The van der Waals surface area contributed by atoms with Crippen molar-refractivity contribution in [1.29, 1.82) is 0 Å². The van der Waals surface area contributed by atoms with E-state index in [0.29, 0.717) is 16.9 Å². The lowest BCUT2D eigenvalue weighted by Gasteiger charge is -2.35. The smallest absolute Gasteiger partial charge is 0.277 e. The lowest BCUT2D eigenvalue weighted by Crippen LogP contribution is -2.50. The number of pyridine rings is 1. The SMILES string of the molecule is COc1ccc(CN2CCC(NC(=O)C(c3cccnc3)N(C(=O)c3cnc[nH]3)c3ccc(C(C)(C)C)cc3)CC2)cc1. The molecule has 224 valence electrons. The Kier molecular flexibility index (Phi) is 9.21. The van der Waals surface area contributed by atoms with Crippen LogP contribution in [0.25, 0.3) is 0 Å². The summed E-state index contributed by atoms with van der Waals surface area (Å²) in [5, 5.41) is 3.27. The first-order valence-corrected chi connectivity index (χ1v) is 14.7. The number of likely N-dealkylation sites (tertiary alicyclic amines) is 1. The summed E-state index contributed by atoms with van der Waals surface area (Å²) in [4.78, 5) is 43.4. The van der Waals surface area contributed by atoms with Crippen molar-refractivity contribution in [3.63, 3.8) is 0 Å². The maximum absolute atomic E-state index is 14.2. The van der Waals surface area contributed by atoms with Gasteiger partial charge >= 0.3 is 0 Å². The number of piperidine rings is 1. The van der Waals surface area contributed by atoms with Gasteiger partial charge in [0.1, 0.15) is 17.5 Å². The van der Waals surface area contributed by atoms with Crippen LogP contribution in [-0.4, -0.2) is 57.9 Å². The molecule has 5 rings (SSSR count). The standard InChI is InChI=1S/C34H40N6O3/c1-34(2,3)26-9-11-28(12-10-26)40(33(42)30-21-36-23-37-30)31(25-6-5-17-35-20-25)32(41)38-27-15-18-39(19-16-27)22-24-7-13-29(43-4)14-8-24/h5-14,17,20-21,23,27,31H,15-16,18-19,22H2,1-4H3,(H,36,37)(H,38,41). The van der Waals surface area contributed by atoms with Crippen LogP contribution in [0.2, 0.25) is 0 Å². The van der Waals surface area contributed by atoms with Gasteiger partial charge in [-0.2, -0.15) is 0 Å². The number of nitrogens with zero attached hydrogens (tertiary/aromatic N) is 4. The fourth-order valence-corrected chi connectivity index (χ4v) is 5.47. The summed E-state index contributed by atoms with van der Waals surface area (Å²) >= 11 is 0. The second-order valence-corrected chi connectivity index (χ2v) is 12.0. The van der Waals surface area contributed by atoms with E-state index in [2.05, 4.69) is 58.1 Å². The van der Waals surface area contributed by atoms with Gasteiger partial charge in [-0.3, -0.25) is 24.4 Å². The molecule has 4 aromatic rings. The summed E-state index contributed by atoms with van der Waals surface area (Å²) in [5.41, 5.74) is 3.85. The van der Waals surface area contributed by atoms with Crippen LogP contribution in [0.1, 0.15) is 66.8 Å². The highest BCUT2D eigenvalue weighted by atomic mass is 16.5. The fourth-order valence-electron chi connectivity index (χ4n) is 5.47. The summed E-state index contributed by atoms with van der Waals surface area (Å²) < 4.78 is 5.27. The number of ether oxygens (including phenoxy) is 1. The average Bonchev–Trinajstić information content (AvgIpc) is 3.56. The molecule has 1 unspecified atom stereocenters. The van der Waals surface area contributed by atoms with Crippen molar-refractivity contribution >= 4 is 17.5 Å². The van der Waals surface area contributed by atoms with Crippen LogP contribution in [-0.2, 0) is 16.8 Å². The first kappa shape index (κ1) is 30.0. The minimum atomic E-state index is -0.928. The lowest BCUT2D eigenvalue weighted by molar-refractivity contribution is -0.123. The molecule has 2 amide bonds. The van der Waals surface area contributed by atoms with E-state index >= 15 is 0 Å². The first-order valence-electron chi connectivity index (χ1n) is 14.7. The zero-order valence-corrected chi connectivity index (χ0v) is 25.3. The number of methoxy groups -OCH3 is 1. The molecule has 43 heavy (non-hydrogen) atoms. The van der Waals surface area contributed by atoms with Crippen molar-refractivity contribution in [3.05, 3.63) is 108 Å². The molecule has 1 aliphatic rings. The van der Waals surface area contributed by atoms with Crippen LogP contribution in [0.5, 0.6) is 5.75 Å². The third-order valence-electron chi connectivity index (χ3n) is 7.96. The molecule has 2 N–H and O–H groups in total. The summed E-state index contributed by atoms with van der Waals surface area (Å²) in [6.45, 7) is 9.00. The first-order chi connectivity index (χ1) is 20.7. The third-order valence-corrected chi connectivity index (χ3v) is 7.96. The van der Waals surface area contributed by atoms with Crippen LogP contribution >= 0.6 is 0 Å². The van der Waals surface area contributed by atoms with Crippen molar-refractivity contribution in [2.75, 3.05) is 25.1 Å². The Balaban J connectivity index is 1.37. The number of carbonyl (C=O) groups is 2. The van der Waals surface area contributed by atoms with E-state index < -0.39 is 6.04 Å². The fraction of sp³-hybridized carbons (Fsp3) is 0.353. The van der Waals surface area contributed by atoms with Gasteiger partial charge in [-0.05, 0) is 59.7 Å². The molecular formula is C34H40N6O3. The van der Waals surface area contributed by atoms with Gasteiger partial charge in [0.05, 0.1) is 19.6 Å². The number of imidazole rings is 1. The zero-order valence-electron chi connectivity index (χ0n) is 25.3. The maximum atomic E-state index is 14.2. The van der Waals surface area contributed by atoms with Gasteiger partial charge in [-0.1, -0.05) is 51.1 Å². The third kappa shape index (κ3) is 7.29. The molecule has 0 bridgehead atoms. The summed E-state index contributed by atoms with van der Waals surface area (Å²) in [7, 11) is 1.67. The highest BCUT2D eigenvalue weighted by molar-refractivity contribution is 6.09. The maximum Gasteiger partial charge on any atom is 0.277 e. The van der Waals surface area contributed by atoms with Gasteiger partial charge in [-0.15, -0.1) is 0 Å². The molecule has 0 saturated carbocycles. The van der Waals surface area contributed by atoms with Gasteiger partial charge in [0, 0.05) is 49.3 Å². The molecule has 0 aliphatic carbocycles. The van der Waals surface area contributed by atoms with Crippen LogP contribution in [0.4, 0.5) is 5.69 Å². The van der Waals surface area contributed by atoms with Crippen molar-refractivity contribution in [1.82, 2.24) is 25.2 Å². The number of hydrogen-bond acceptors (Lipinski definition) is 6. The van der Waals surface area contributed by atoms with Gasteiger partial charge in [-0.25, -0.2) is 4.98 Å². The molecule has 0 radical (unpaired) electrons. The largest absolute Gasteiger partial charge is 0.497 e. The Morgan fingerprint density at radius 3 is 2.33 bits per heavy atom. The lowest BCUT2D eigenvalue weighted by atomic mass is 9.87. The number of benzene rings is 2. The van der Waals surface area contributed by atoms with Crippen LogP contribution in [0.3, 0.4) is 0 Å². The molecule has 3 heterocycles. The minimum Gasteiger partial charge on any atom is -0.497 e. The highest BCUT2D eigenvalue weighted by Crippen LogP contribution is 2.32. The number of H-pyrrole nitrogens is 1. The second kappa shape index (κ2) is 13.2. The summed E-state index contributed by atoms with van der Waals surface area (Å²) in [6.07, 6.45) is 7.89. The van der Waals surface area contributed by atoms with E-state index in [9.17, 15) is 9.59 Å². The van der Waals surface area contributed by atoms with E-state index in [0.717, 1.165) is 43.8 Å². The Morgan fingerprint density at radius 1 is 1.02 bits per heavy atom. The normalized spacial score (nSPS) is 15.1. The summed E-state index contributed by atoms with van der Waals surface area (Å²) in [5.74, 6) is 0.257. The van der Waals surface area contributed by atoms with Gasteiger partial charge in [0.25, 0.3) is 5.91 Å². The molecule has 9 heteroatoms. The van der Waals surface area contributed by atoms with E-state index in [4.69, 9.17) is 4.74 Å². The number of rotatable bonds is 9. The number of nitrogens with one attached hydrogen (secondary N) is 2. The Hall–Kier alpha value is -4.50. The number of carbonyl (C=O) groups excluding carboxylic acids is 2. The molecule has 1 fully saturated rings. The molecule has 2 aromatic heterocycles. The minimum absolute atomic E-state index is 0.00818. The highest BCUT2D eigenvalue weighted by Gasteiger charge is 2.36. The molecule has 1 atom stereocenters. The van der Waals surface area contributed by atoms with E-state index in [-0.39, 0.29) is 23.3 Å². The molecule has 0 spiro atoms. The molecule has 1 saturated heterocycles. The number of hydrogen-bond donors (Lipinski definition) is 2. The van der Waals surface area contributed by atoms with Gasteiger partial charge in [0.2, 0.25) is 5.91 Å². The van der Waals surface area contributed by atoms with Crippen molar-refractivity contribution in [3.8, 4) is 5.75 Å². The van der Waals surface area contributed by atoms with Gasteiger partial charge in [0.15, 0.2) is 0 Å². The average molecular weight is 581 g/mol. The Labute approximate surface area is 253 Å². The monoisotopic (exact) mass is 580 g/mol. The van der Waals surface area contributed by atoms with Crippen LogP contribution in [0.15, 0.2) is 85.6 Å². The van der Waals surface area contributed by atoms with Crippen LogP contribution < -0.4 is 15.0 Å². The Morgan fingerprint density at radius 2 is 1.74 bits per heavy atom. The molecule has 1 aliphatic heterocycles. The summed E-state index contributed by atoms with van der Waals surface area (Å²) in [6, 6.07) is 18.7. The number of amides is 2. The predicted octanol–water partition coefficient (Wildman–Crippen LogP) is 5.28. The molecule has 2 aromatic carbocycles. The topological polar surface area (TPSA) is 103 Å². The number of aromatic amines is 1.